The molecule has 1 aliphatic heterocycles. The summed E-state index contributed by atoms with van der Waals surface area (Å²) in [7, 11) is 0. The van der Waals surface area contributed by atoms with E-state index in [4.69, 9.17) is 9.84 Å². The zero-order chi connectivity index (χ0) is 16.8. The van der Waals surface area contributed by atoms with Crippen LogP contribution in [0.5, 0.6) is 0 Å². The van der Waals surface area contributed by atoms with Crippen LogP contribution in [0, 0.1) is 0 Å². The highest BCUT2D eigenvalue weighted by molar-refractivity contribution is 5.66. The van der Waals surface area contributed by atoms with E-state index in [1.54, 1.807) is 0 Å². The normalized spacial score (nSPS) is 20.6. The number of carboxylic acid groups (broad SMARTS) is 1. The summed E-state index contributed by atoms with van der Waals surface area (Å²) in [6.45, 7) is 2.26. The van der Waals surface area contributed by atoms with Gasteiger partial charge < -0.3 is 9.84 Å². The predicted octanol–water partition coefficient (Wildman–Crippen LogP) is 5.65. The van der Waals surface area contributed by atoms with Crippen LogP contribution in [-0.2, 0) is 9.53 Å². The Morgan fingerprint density at radius 3 is 2.48 bits per heavy atom. The van der Waals surface area contributed by atoms with E-state index in [9.17, 15) is 4.79 Å². The molecule has 0 spiro atoms. The van der Waals surface area contributed by atoms with Gasteiger partial charge in [0.2, 0.25) is 0 Å². The number of carboxylic acids is 1. The zero-order valence-electron chi connectivity index (χ0n) is 14.7. The van der Waals surface area contributed by atoms with Crippen LogP contribution >= 0.6 is 0 Å². The molecule has 0 aromatic rings. The molecule has 2 atom stereocenters. The van der Waals surface area contributed by atoms with Crippen LogP contribution in [0.2, 0.25) is 0 Å². The standard InChI is InChI=1S/C20H34O3/c1-2-3-4-5-9-12-15-18-19(23-18)16-13-10-7-6-8-11-14-17-20(21)22/h6,8,10,13,18-19H,2-5,7,9,11-12,14-17H2,1H3,(H,21,22)/b8-6-,13-10-/t18-,19+/m1/s1. The van der Waals surface area contributed by atoms with Crippen molar-refractivity contribution >= 4 is 5.97 Å². The van der Waals surface area contributed by atoms with Crippen LogP contribution < -0.4 is 0 Å². The van der Waals surface area contributed by atoms with E-state index in [0.717, 1.165) is 25.7 Å². The molecule has 3 nitrogen and oxygen atoms in total. The van der Waals surface area contributed by atoms with Gasteiger partial charge >= 0.3 is 5.97 Å². The molecule has 0 saturated carbocycles. The van der Waals surface area contributed by atoms with E-state index in [-0.39, 0.29) is 6.42 Å². The summed E-state index contributed by atoms with van der Waals surface area (Å²) in [4.78, 5) is 10.3. The maximum atomic E-state index is 10.3. The number of hydrogen-bond donors (Lipinski definition) is 1. The molecule has 1 N–H and O–H groups in total. The molecular weight excluding hydrogens is 288 g/mol. The quantitative estimate of drug-likeness (QED) is 0.241. The van der Waals surface area contributed by atoms with Crippen LogP contribution in [-0.4, -0.2) is 23.3 Å². The number of unbranched alkanes of at least 4 members (excludes halogenated alkanes) is 6. The van der Waals surface area contributed by atoms with Gasteiger partial charge in [-0.15, -0.1) is 0 Å². The van der Waals surface area contributed by atoms with Crippen LogP contribution in [0.3, 0.4) is 0 Å². The van der Waals surface area contributed by atoms with Gasteiger partial charge in [-0.2, -0.15) is 0 Å². The van der Waals surface area contributed by atoms with Crippen molar-refractivity contribution in [2.75, 3.05) is 0 Å². The summed E-state index contributed by atoms with van der Waals surface area (Å²) >= 11 is 0. The second-order valence-electron chi connectivity index (χ2n) is 6.47. The Morgan fingerprint density at radius 2 is 1.70 bits per heavy atom. The van der Waals surface area contributed by atoms with Crippen LogP contribution in [0.25, 0.3) is 0 Å². The molecule has 0 unspecified atom stereocenters. The molecule has 1 heterocycles. The van der Waals surface area contributed by atoms with Gasteiger partial charge in [0.25, 0.3) is 0 Å². The fourth-order valence-corrected chi connectivity index (χ4v) is 2.76. The lowest BCUT2D eigenvalue weighted by Crippen LogP contribution is -1.93. The first kappa shape index (κ1) is 20.0. The van der Waals surface area contributed by atoms with Gasteiger partial charge in [0, 0.05) is 6.42 Å². The Morgan fingerprint density at radius 1 is 0.957 bits per heavy atom. The molecular formula is C20H34O3. The minimum Gasteiger partial charge on any atom is -0.481 e. The molecule has 0 aromatic carbocycles. The summed E-state index contributed by atoms with van der Waals surface area (Å²) in [5.74, 6) is -0.710. The fourth-order valence-electron chi connectivity index (χ4n) is 2.76. The Labute approximate surface area is 141 Å². The summed E-state index contributed by atoms with van der Waals surface area (Å²) in [6.07, 6.45) is 22.7. The third kappa shape index (κ3) is 12.1. The van der Waals surface area contributed by atoms with Gasteiger partial charge in [0.1, 0.15) is 0 Å². The number of ether oxygens (including phenoxy) is 1. The molecule has 0 aliphatic carbocycles. The van der Waals surface area contributed by atoms with E-state index >= 15 is 0 Å². The van der Waals surface area contributed by atoms with Gasteiger partial charge in [0.05, 0.1) is 12.2 Å². The number of carbonyl (C=O) groups is 1. The minimum atomic E-state index is -0.710. The fraction of sp³-hybridized carbons (Fsp3) is 0.750. The third-order valence-electron chi connectivity index (χ3n) is 4.27. The highest BCUT2D eigenvalue weighted by Gasteiger charge is 2.36. The van der Waals surface area contributed by atoms with Crippen LogP contribution in [0.1, 0.15) is 84.0 Å². The minimum absolute atomic E-state index is 0.263. The lowest BCUT2D eigenvalue weighted by molar-refractivity contribution is -0.137. The van der Waals surface area contributed by atoms with Crippen molar-refractivity contribution in [3.05, 3.63) is 24.3 Å². The van der Waals surface area contributed by atoms with Crippen molar-refractivity contribution < 1.29 is 14.6 Å². The Hall–Kier alpha value is -1.09. The number of rotatable bonds is 15. The maximum absolute atomic E-state index is 10.3. The van der Waals surface area contributed by atoms with Crippen molar-refractivity contribution in [1.29, 1.82) is 0 Å². The molecule has 0 aromatic heterocycles. The van der Waals surface area contributed by atoms with E-state index < -0.39 is 5.97 Å². The highest BCUT2D eigenvalue weighted by Crippen LogP contribution is 2.30. The van der Waals surface area contributed by atoms with Crippen molar-refractivity contribution in [2.45, 2.75) is 96.2 Å². The lowest BCUT2D eigenvalue weighted by Gasteiger charge is -1.98. The average molecular weight is 322 g/mol. The highest BCUT2D eigenvalue weighted by atomic mass is 16.6. The lowest BCUT2D eigenvalue weighted by atomic mass is 10.1. The van der Waals surface area contributed by atoms with Crippen molar-refractivity contribution in [3.63, 3.8) is 0 Å². The molecule has 1 saturated heterocycles. The Bertz CT molecular complexity index is 360. The second kappa shape index (κ2) is 13.4. The summed E-state index contributed by atoms with van der Waals surface area (Å²) in [5.41, 5.74) is 0. The molecule has 1 aliphatic rings. The van der Waals surface area contributed by atoms with Crippen molar-refractivity contribution in [3.8, 4) is 0 Å². The van der Waals surface area contributed by atoms with Crippen LogP contribution in [0.15, 0.2) is 24.3 Å². The first-order chi connectivity index (χ1) is 11.2. The zero-order valence-corrected chi connectivity index (χ0v) is 14.7. The topological polar surface area (TPSA) is 49.8 Å². The SMILES string of the molecule is CCCCCCCC[C@H]1O[C@H]1C/C=C\C/C=C\CCCC(=O)O. The Kier molecular flexibility index (Phi) is 11.6. The molecule has 132 valence electrons. The van der Waals surface area contributed by atoms with Gasteiger partial charge in [-0.1, -0.05) is 69.8 Å². The van der Waals surface area contributed by atoms with Gasteiger partial charge in [-0.25, -0.2) is 0 Å². The van der Waals surface area contributed by atoms with Gasteiger partial charge in [0.15, 0.2) is 0 Å². The molecule has 3 heteroatoms. The van der Waals surface area contributed by atoms with Crippen LogP contribution in [0.4, 0.5) is 0 Å². The molecule has 1 fully saturated rings. The Balaban J connectivity index is 1.87. The number of epoxide rings is 1. The monoisotopic (exact) mass is 322 g/mol. The maximum Gasteiger partial charge on any atom is 0.303 e. The number of aliphatic carboxylic acids is 1. The van der Waals surface area contributed by atoms with E-state index in [1.165, 1.54) is 44.9 Å². The van der Waals surface area contributed by atoms with Gasteiger partial charge in [-0.05, 0) is 32.1 Å². The number of hydrogen-bond acceptors (Lipinski definition) is 2. The first-order valence-corrected chi connectivity index (χ1v) is 9.41. The molecule has 0 amide bonds. The largest absolute Gasteiger partial charge is 0.481 e. The summed E-state index contributed by atoms with van der Waals surface area (Å²) in [6, 6.07) is 0. The van der Waals surface area contributed by atoms with Crippen molar-refractivity contribution in [1.82, 2.24) is 0 Å². The number of allylic oxidation sites excluding steroid dienone is 3. The van der Waals surface area contributed by atoms with E-state index in [1.807, 2.05) is 0 Å². The van der Waals surface area contributed by atoms with E-state index in [2.05, 4.69) is 31.2 Å². The second-order valence-corrected chi connectivity index (χ2v) is 6.47. The van der Waals surface area contributed by atoms with Crippen molar-refractivity contribution in [2.24, 2.45) is 0 Å². The first-order valence-electron chi connectivity index (χ1n) is 9.41. The molecule has 0 bridgehead atoms. The molecule has 1 rings (SSSR count). The average Bonchev–Trinajstić information content (AvgIpc) is 3.27. The predicted molar refractivity (Wildman–Crippen MR) is 95.7 cm³/mol. The van der Waals surface area contributed by atoms with Gasteiger partial charge in [-0.3, -0.25) is 4.79 Å². The smallest absolute Gasteiger partial charge is 0.303 e. The molecule has 0 radical (unpaired) electrons. The molecule has 23 heavy (non-hydrogen) atoms. The summed E-state index contributed by atoms with van der Waals surface area (Å²) < 4.78 is 5.70. The third-order valence-corrected chi connectivity index (χ3v) is 4.27. The summed E-state index contributed by atoms with van der Waals surface area (Å²) in [5, 5.41) is 8.52. The van der Waals surface area contributed by atoms with E-state index in [0.29, 0.717) is 12.2 Å².